The lowest BCUT2D eigenvalue weighted by atomic mass is 10.2. The summed E-state index contributed by atoms with van der Waals surface area (Å²) in [6, 6.07) is 1.88. The van der Waals surface area contributed by atoms with Crippen molar-refractivity contribution in [3.05, 3.63) is 34.2 Å². The van der Waals surface area contributed by atoms with Gasteiger partial charge < -0.3 is 14.2 Å². The van der Waals surface area contributed by atoms with Gasteiger partial charge in [0.15, 0.2) is 5.69 Å². The molecule has 0 fully saturated rings. The number of ether oxygens (including phenoxy) is 1. The molecule has 0 amide bonds. The average molecular weight is 299 g/mol. The van der Waals surface area contributed by atoms with Gasteiger partial charge in [-0.05, 0) is 28.9 Å². The lowest BCUT2D eigenvalue weighted by molar-refractivity contribution is 0.0691. The molecule has 1 N–H and O–H groups in total. The lowest BCUT2D eigenvalue weighted by Crippen LogP contribution is -2.00. The van der Waals surface area contributed by atoms with Gasteiger partial charge in [-0.2, -0.15) is 0 Å². The number of imidazole rings is 1. The third-order valence-corrected chi connectivity index (χ3v) is 2.99. The van der Waals surface area contributed by atoms with E-state index in [9.17, 15) is 4.79 Å². The van der Waals surface area contributed by atoms with Crippen LogP contribution >= 0.6 is 15.9 Å². The molecule has 1 atom stereocenters. The summed E-state index contributed by atoms with van der Waals surface area (Å²) in [5.74, 6) is -1.04. The van der Waals surface area contributed by atoms with Gasteiger partial charge in [0.25, 0.3) is 0 Å². The molecule has 0 aromatic carbocycles. The standard InChI is InChI=1S/C11H11BrN2O3/c1-6(17-2)8-3-7(12)4-14-5-9(11(15)16)13-10(8)14/h3-6H,1-2H3,(H,15,16)/t6-/m1/s1. The number of hydrogen-bond donors (Lipinski definition) is 1. The van der Waals surface area contributed by atoms with E-state index in [4.69, 9.17) is 9.84 Å². The van der Waals surface area contributed by atoms with E-state index in [1.165, 1.54) is 6.20 Å². The van der Waals surface area contributed by atoms with Gasteiger partial charge >= 0.3 is 5.97 Å². The predicted octanol–water partition coefficient (Wildman–Crippen LogP) is 2.50. The SMILES string of the molecule is CO[C@H](C)c1cc(Br)cn2cc(C(=O)O)nc12. The first-order valence-corrected chi connectivity index (χ1v) is 5.76. The van der Waals surface area contributed by atoms with E-state index in [1.807, 2.05) is 13.0 Å². The molecule has 90 valence electrons. The number of carboxylic acid groups (broad SMARTS) is 1. The molecule has 2 aromatic heterocycles. The minimum absolute atomic E-state index is 0.0210. The van der Waals surface area contributed by atoms with Crippen LogP contribution in [0.4, 0.5) is 0 Å². The van der Waals surface area contributed by atoms with Crippen molar-refractivity contribution in [2.45, 2.75) is 13.0 Å². The number of hydrogen-bond acceptors (Lipinski definition) is 3. The zero-order valence-electron chi connectivity index (χ0n) is 9.35. The molecule has 5 nitrogen and oxygen atoms in total. The smallest absolute Gasteiger partial charge is 0.356 e. The Bertz CT molecular complexity index is 579. The molecule has 2 rings (SSSR count). The van der Waals surface area contributed by atoms with E-state index in [-0.39, 0.29) is 11.8 Å². The van der Waals surface area contributed by atoms with Crippen molar-refractivity contribution in [2.24, 2.45) is 0 Å². The highest BCUT2D eigenvalue weighted by molar-refractivity contribution is 9.10. The molecule has 0 aliphatic rings. The molecule has 0 bridgehead atoms. The Morgan fingerprint density at radius 3 is 2.88 bits per heavy atom. The van der Waals surface area contributed by atoms with Gasteiger partial charge in [-0.15, -0.1) is 0 Å². The van der Waals surface area contributed by atoms with E-state index in [0.29, 0.717) is 5.65 Å². The fourth-order valence-electron chi connectivity index (χ4n) is 1.62. The molecule has 0 radical (unpaired) electrons. The van der Waals surface area contributed by atoms with Crippen LogP contribution in [0.15, 0.2) is 22.9 Å². The molecule has 2 heterocycles. The van der Waals surface area contributed by atoms with Crippen molar-refractivity contribution in [1.29, 1.82) is 0 Å². The number of aromatic nitrogens is 2. The minimum Gasteiger partial charge on any atom is -0.476 e. The number of pyridine rings is 1. The first-order valence-electron chi connectivity index (χ1n) is 4.97. The van der Waals surface area contributed by atoms with Gasteiger partial charge in [0.05, 0.1) is 6.10 Å². The molecule has 2 aromatic rings. The maximum Gasteiger partial charge on any atom is 0.356 e. The van der Waals surface area contributed by atoms with Crippen molar-refractivity contribution >= 4 is 27.5 Å². The van der Waals surface area contributed by atoms with E-state index < -0.39 is 5.97 Å². The second-order valence-electron chi connectivity index (χ2n) is 3.65. The van der Waals surface area contributed by atoms with Crippen LogP contribution < -0.4 is 0 Å². The Hall–Kier alpha value is -1.40. The number of fused-ring (bicyclic) bond motifs is 1. The number of halogens is 1. The van der Waals surface area contributed by atoms with Crippen molar-refractivity contribution in [3.63, 3.8) is 0 Å². The molecular weight excluding hydrogens is 288 g/mol. The van der Waals surface area contributed by atoms with Gasteiger partial charge in [0.2, 0.25) is 0 Å². The first kappa shape index (κ1) is 12.1. The summed E-state index contributed by atoms with van der Waals surface area (Å²) in [6.45, 7) is 1.89. The zero-order chi connectivity index (χ0) is 12.6. The molecular formula is C11H11BrN2O3. The first-order chi connectivity index (χ1) is 8.02. The molecule has 0 aliphatic carbocycles. The zero-order valence-corrected chi connectivity index (χ0v) is 10.9. The van der Waals surface area contributed by atoms with Crippen LogP contribution in [0.3, 0.4) is 0 Å². The Morgan fingerprint density at radius 2 is 2.29 bits per heavy atom. The van der Waals surface area contributed by atoms with Crippen molar-refractivity contribution in [1.82, 2.24) is 9.38 Å². The second-order valence-corrected chi connectivity index (χ2v) is 4.57. The second kappa shape index (κ2) is 4.46. The molecule has 0 saturated carbocycles. The number of carboxylic acids is 1. The highest BCUT2D eigenvalue weighted by Crippen LogP contribution is 2.25. The van der Waals surface area contributed by atoms with Crippen LogP contribution in [0.25, 0.3) is 5.65 Å². The summed E-state index contributed by atoms with van der Waals surface area (Å²) in [5, 5.41) is 8.92. The largest absolute Gasteiger partial charge is 0.476 e. The summed E-state index contributed by atoms with van der Waals surface area (Å²) in [7, 11) is 1.60. The molecule has 17 heavy (non-hydrogen) atoms. The Kier molecular flexibility index (Phi) is 3.17. The summed E-state index contributed by atoms with van der Waals surface area (Å²) in [4.78, 5) is 15.0. The van der Waals surface area contributed by atoms with Crippen LogP contribution in [0.1, 0.15) is 29.1 Å². The van der Waals surface area contributed by atoms with Gasteiger partial charge in [-0.3, -0.25) is 0 Å². The molecule has 0 unspecified atom stereocenters. The Morgan fingerprint density at radius 1 is 1.59 bits per heavy atom. The summed E-state index contributed by atoms with van der Waals surface area (Å²) in [6.07, 6.45) is 3.09. The Balaban J connectivity index is 2.69. The maximum atomic E-state index is 10.9. The summed E-state index contributed by atoms with van der Waals surface area (Å²) >= 11 is 3.38. The van der Waals surface area contributed by atoms with Crippen LogP contribution in [-0.4, -0.2) is 27.6 Å². The van der Waals surface area contributed by atoms with Crippen LogP contribution in [-0.2, 0) is 4.74 Å². The van der Waals surface area contributed by atoms with Gasteiger partial charge in [0, 0.05) is 29.5 Å². The van der Waals surface area contributed by atoms with E-state index >= 15 is 0 Å². The molecule has 0 aliphatic heterocycles. The van der Waals surface area contributed by atoms with Crippen LogP contribution in [0.2, 0.25) is 0 Å². The summed E-state index contributed by atoms with van der Waals surface area (Å²) in [5.41, 5.74) is 1.46. The maximum absolute atomic E-state index is 10.9. The monoisotopic (exact) mass is 298 g/mol. The van der Waals surface area contributed by atoms with E-state index in [1.54, 1.807) is 17.7 Å². The molecule has 6 heteroatoms. The van der Waals surface area contributed by atoms with Crippen LogP contribution in [0, 0.1) is 0 Å². The fourth-order valence-corrected chi connectivity index (χ4v) is 2.09. The number of methoxy groups -OCH3 is 1. The highest BCUT2D eigenvalue weighted by Gasteiger charge is 2.15. The van der Waals surface area contributed by atoms with Crippen molar-refractivity contribution < 1.29 is 14.6 Å². The summed E-state index contributed by atoms with van der Waals surface area (Å²) < 4.78 is 7.77. The highest BCUT2D eigenvalue weighted by atomic mass is 79.9. The van der Waals surface area contributed by atoms with Crippen LogP contribution in [0.5, 0.6) is 0 Å². The number of aromatic carboxylic acids is 1. The molecule has 0 saturated heterocycles. The predicted molar refractivity (Wildman–Crippen MR) is 65.3 cm³/mol. The quantitative estimate of drug-likeness (QED) is 0.945. The number of rotatable bonds is 3. The van der Waals surface area contributed by atoms with E-state index in [0.717, 1.165) is 10.0 Å². The van der Waals surface area contributed by atoms with Crippen molar-refractivity contribution in [3.8, 4) is 0 Å². The molecule has 0 spiro atoms. The van der Waals surface area contributed by atoms with Crippen molar-refractivity contribution in [2.75, 3.05) is 7.11 Å². The lowest BCUT2D eigenvalue weighted by Gasteiger charge is -2.11. The average Bonchev–Trinajstić information content (AvgIpc) is 2.70. The van der Waals surface area contributed by atoms with E-state index in [2.05, 4.69) is 20.9 Å². The van der Waals surface area contributed by atoms with Gasteiger partial charge in [-0.1, -0.05) is 0 Å². The number of nitrogens with zero attached hydrogens (tertiary/aromatic N) is 2. The van der Waals surface area contributed by atoms with Gasteiger partial charge in [-0.25, -0.2) is 9.78 Å². The Labute approximate surface area is 106 Å². The normalized spacial score (nSPS) is 12.9. The third kappa shape index (κ3) is 2.18. The fraction of sp³-hybridized carbons (Fsp3) is 0.273. The van der Waals surface area contributed by atoms with Gasteiger partial charge in [0.1, 0.15) is 5.65 Å². The third-order valence-electron chi connectivity index (χ3n) is 2.56. The number of carbonyl (C=O) groups is 1. The topological polar surface area (TPSA) is 63.8 Å². The minimum atomic E-state index is -1.04.